The fourth-order valence-electron chi connectivity index (χ4n) is 3.13. The van der Waals surface area contributed by atoms with Gasteiger partial charge in [-0.3, -0.25) is 9.59 Å². The van der Waals surface area contributed by atoms with E-state index in [4.69, 9.17) is 4.74 Å². The molecule has 0 spiro atoms. The first-order chi connectivity index (χ1) is 14.7. The van der Waals surface area contributed by atoms with Crippen LogP contribution in [0, 0.1) is 19.8 Å². The summed E-state index contributed by atoms with van der Waals surface area (Å²) in [6.45, 7) is 9.17. The molecule has 2 amide bonds. The van der Waals surface area contributed by atoms with Crippen LogP contribution in [-0.4, -0.2) is 30.4 Å². The van der Waals surface area contributed by atoms with Crippen LogP contribution in [0.15, 0.2) is 48.5 Å². The standard InChI is InChI=1S/C25H32N2O4/c1-16(2)24(27-22(28)14-20-9-7-6-8-10-20)25(30)31-15-23(29)26-19(5)21-12-11-17(3)18(4)13-21/h6-13,16,19,24H,14-15H2,1-5H3,(H,26,29)(H,27,28)/t19-,24+/m1/s1. The Morgan fingerprint density at radius 1 is 0.871 bits per heavy atom. The fourth-order valence-corrected chi connectivity index (χ4v) is 3.13. The highest BCUT2D eigenvalue weighted by Crippen LogP contribution is 2.16. The van der Waals surface area contributed by atoms with Gasteiger partial charge in [-0.2, -0.15) is 0 Å². The third-order valence-corrected chi connectivity index (χ3v) is 5.20. The number of rotatable bonds is 9. The van der Waals surface area contributed by atoms with Gasteiger partial charge in [0.2, 0.25) is 5.91 Å². The Hall–Kier alpha value is -3.15. The maximum absolute atomic E-state index is 12.5. The van der Waals surface area contributed by atoms with Crippen molar-refractivity contribution in [1.29, 1.82) is 0 Å². The van der Waals surface area contributed by atoms with Crippen molar-refractivity contribution in [2.24, 2.45) is 5.92 Å². The van der Waals surface area contributed by atoms with Gasteiger partial charge in [0, 0.05) is 0 Å². The fraction of sp³-hybridized carbons (Fsp3) is 0.400. The van der Waals surface area contributed by atoms with Gasteiger partial charge in [0.05, 0.1) is 12.5 Å². The predicted octanol–water partition coefficient (Wildman–Crippen LogP) is 3.41. The van der Waals surface area contributed by atoms with Gasteiger partial charge in [0.25, 0.3) is 5.91 Å². The van der Waals surface area contributed by atoms with Gasteiger partial charge >= 0.3 is 5.97 Å². The van der Waals surface area contributed by atoms with Crippen molar-refractivity contribution in [3.05, 3.63) is 70.8 Å². The molecule has 0 fully saturated rings. The molecular formula is C25H32N2O4. The zero-order valence-electron chi connectivity index (χ0n) is 18.9. The summed E-state index contributed by atoms with van der Waals surface area (Å²) in [6, 6.07) is 14.3. The zero-order valence-corrected chi connectivity index (χ0v) is 18.9. The Balaban J connectivity index is 1.86. The number of carbonyl (C=O) groups excluding carboxylic acids is 3. The topological polar surface area (TPSA) is 84.5 Å². The van der Waals surface area contributed by atoms with E-state index < -0.39 is 24.5 Å². The summed E-state index contributed by atoms with van der Waals surface area (Å²) in [5, 5.41) is 5.56. The van der Waals surface area contributed by atoms with Crippen LogP contribution in [0.1, 0.15) is 49.1 Å². The Morgan fingerprint density at radius 2 is 1.55 bits per heavy atom. The molecule has 2 aromatic carbocycles. The molecule has 31 heavy (non-hydrogen) atoms. The van der Waals surface area contributed by atoms with Gasteiger partial charge in [0.15, 0.2) is 6.61 Å². The summed E-state index contributed by atoms with van der Waals surface area (Å²) in [6.07, 6.45) is 0.172. The van der Waals surface area contributed by atoms with E-state index in [-0.39, 0.29) is 24.3 Å². The summed E-state index contributed by atoms with van der Waals surface area (Å²) >= 11 is 0. The van der Waals surface area contributed by atoms with E-state index in [1.165, 1.54) is 5.56 Å². The van der Waals surface area contributed by atoms with E-state index in [0.29, 0.717) is 0 Å². The normalized spacial score (nSPS) is 12.7. The molecule has 6 nitrogen and oxygen atoms in total. The van der Waals surface area contributed by atoms with Crippen molar-refractivity contribution in [2.75, 3.05) is 6.61 Å². The summed E-state index contributed by atoms with van der Waals surface area (Å²) in [5.41, 5.74) is 4.17. The Kier molecular flexibility index (Phi) is 8.79. The molecule has 6 heteroatoms. The van der Waals surface area contributed by atoms with Crippen LogP contribution in [0.25, 0.3) is 0 Å². The highest BCUT2D eigenvalue weighted by Gasteiger charge is 2.26. The SMILES string of the molecule is Cc1ccc([C@@H](C)NC(=O)COC(=O)[C@@H](NC(=O)Cc2ccccc2)C(C)C)cc1C. The number of hydrogen-bond acceptors (Lipinski definition) is 4. The summed E-state index contributed by atoms with van der Waals surface area (Å²) in [5.74, 6) is -1.46. The van der Waals surface area contributed by atoms with Crippen molar-refractivity contribution in [3.8, 4) is 0 Å². The first kappa shape index (κ1) is 24.1. The average molecular weight is 425 g/mol. The number of ether oxygens (including phenoxy) is 1. The molecule has 2 aromatic rings. The molecule has 0 aliphatic carbocycles. The molecule has 0 aliphatic heterocycles. The lowest BCUT2D eigenvalue weighted by Crippen LogP contribution is -2.46. The molecular weight excluding hydrogens is 392 g/mol. The smallest absolute Gasteiger partial charge is 0.329 e. The molecule has 0 bridgehead atoms. The van der Waals surface area contributed by atoms with E-state index in [1.54, 1.807) is 0 Å². The minimum atomic E-state index is -0.818. The zero-order chi connectivity index (χ0) is 23.0. The lowest BCUT2D eigenvalue weighted by atomic mass is 10.0. The molecule has 2 N–H and O–H groups in total. The average Bonchev–Trinajstić information content (AvgIpc) is 2.72. The van der Waals surface area contributed by atoms with E-state index in [1.807, 2.05) is 83.1 Å². The number of aryl methyl sites for hydroxylation is 2. The van der Waals surface area contributed by atoms with Gasteiger partial charge in [-0.25, -0.2) is 4.79 Å². The van der Waals surface area contributed by atoms with Crippen LogP contribution in [0.4, 0.5) is 0 Å². The number of esters is 1. The summed E-state index contributed by atoms with van der Waals surface area (Å²) in [4.78, 5) is 37.1. The second kappa shape index (κ2) is 11.3. The highest BCUT2D eigenvalue weighted by molar-refractivity contribution is 5.87. The lowest BCUT2D eigenvalue weighted by molar-refractivity contribution is -0.152. The number of hydrogen-bond donors (Lipinski definition) is 2. The maximum atomic E-state index is 12.5. The number of benzene rings is 2. The van der Waals surface area contributed by atoms with Crippen molar-refractivity contribution < 1.29 is 19.1 Å². The molecule has 0 unspecified atom stereocenters. The molecule has 166 valence electrons. The van der Waals surface area contributed by atoms with Crippen LogP contribution < -0.4 is 10.6 Å². The molecule has 2 rings (SSSR count). The quantitative estimate of drug-likeness (QED) is 0.604. The van der Waals surface area contributed by atoms with E-state index in [9.17, 15) is 14.4 Å². The number of nitrogens with one attached hydrogen (secondary N) is 2. The van der Waals surface area contributed by atoms with E-state index in [2.05, 4.69) is 10.6 Å². The largest absolute Gasteiger partial charge is 0.454 e. The first-order valence-electron chi connectivity index (χ1n) is 10.5. The molecule has 0 radical (unpaired) electrons. The minimum absolute atomic E-state index is 0.172. The lowest BCUT2D eigenvalue weighted by Gasteiger charge is -2.21. The van der Waals surface area contributed by atoms with Crippen molar-refractivity contribution in [1.82, 2.24) is 10.6 Å². The third kappa shape index (κ3) is 7.55. The highest BCUT2D eigenvalue weighted by atomic mass is 16.5. The van der Waals surface area contributed by atoms with Crippen molar-refractivity contribution >= 4 is 17.8 Å². The molecule has 0 heterocycles. The van der Waals surface area contributed by atoms with E-state index >= 15 is 0 Å². The molecule has 0 aromatic heterocycles. The summed E-state index contributed by atoms with van der Waals surface area (Å²) < 4.78 is 5.19. The van der Waals surface area contributed by atoms with Crippen LogP contribution in [0.2, 0.25) is 0 Å². The van der Waals surface area contributed by atoms with E-state index in [0.717, 1.165) is 16.7 Å². The van der Waals surface area contributed by atoms with Gasteiger partial charge in [-0.1, -0.05) is 62.4 Å². The predicted molar refractivity (Wildman–Crippen MR) is 120 cm³/mol. The van der Waals surface area contributed by atoms with Crippen LogP contribution in [-0.2, 0) is 25.5 Å². The Labute approximate surface area is 184 Å². The second-order valence-electron chi connectivity index (χ2n) is 8.19. The number of carbonyl (C=O) groups is 3. The van der Waals surface area contributed by atoms with Crippen LogP contribution in [0.5, 0.6) is 0 Å². The minimum Gasteiger partial charge on any atom is -0.454 e. The first-order valence-corrected chi connectivity index (χ1v) is 10.5. The Morgan fingerprint density at radius 3 is 2.16 bits per heavy atom. The second-order valence-corrected chi connectivity index (χ2v) is 8.19. The number of amides is 2. The van der Waals surface area contributed by atoms with Crippen molar-refractivity contribution in [3.63, 3.8) is 0 Å². The molecule has 0 aliphatic rings. The van der Waals surface area contributed by atoms with Crippen LogP contribution >= 0.6 is 0 Å². The monoisotopic (exact) mass is 424 g/mol. The third-order valence-electron chi connectivity index (χ3n) is 5.20. The Bertz CT molecular complexity index is 909. The van der Waals surface area contributed by atoms with Gasteiger partial charge in [-0.15, -0.1) is 0 Å². The molecule has 0 saturated heterocycles. The maximum Gasteiger partial charge on any atom is 0.329 e. The van der Waals surface area contributed by atoms with Crippen molar-refractivity contribution in [2.45, 2.75) is 53.1 Å². The van der Waals surface area contributed by atoms with Gasteiger partial charge in [-0.05, 0) is 48.9 Å². The molecule has 0 saturated carbocycles. The molecule has 2 atom stereocenters. The summed E-state index contributed by atoms with van der Waals surface area (Å²) in [7, 11) is 0. The van der Waals surface area contributed by atoms with Crippen LogP contribution in [0.3, 0.4) is 0 Å². The van der Waals surface area contributed by atoms with Gasteiger partial charge in [0.1, 0.15) is 6.04 Å². The van der Waals surface area contributed by atoms with Gasteiger partial charge < -0.3 is 15.4 Å².